The van der Waals surface area contributed by atoms with Crippen LogP contribution in [0.1, 0.15) is 13.3 Å². The minimum absolute atomic E-state index is 0.0629. The number of hydrogen-bond acceptors (Lipinski definition) is 2. The fourth-order valence-electron chi connectivity index (χ4n) is 0.580. The van der Waals surface area contributed by atoms with E-state index in [-0.39, 0.29) is 19.1 Å². The predicted molar refractivity (Wildman–Crippen MR) is 45.6 cm³/mol. The Balaban J connectivity index is 3.97. The van der Waals surface area contributed by atoms with Gasteiger partial charge in [0.1, 0.15) is 13.2 Å². The molecular weight excluding hydrogens is 154 g/mol. The number of terminal acetylenes is 2. The Kier molecular flexibility index (Phi) is 5.51. The number of amides is 1. The van der Waals surface area contributed by atoms with E-state index in [1.54, 1.807) is 6.92 Å². The van der Waals surface area contributed by atoms with Gasteiger partial charge in [-0.25, -0.2) is 5.06 Å². The molecule has 0 rings (SSSR count). The molecule has 0 saturated heterocycles. The Bertz CT molecular complexity index is 222. The molecule has 0 aliphatic carbocycles. The molecule has 0 saturated carbocycles. The van der Waals surface area contributed by atoms with Gasteiger partial charge < -0.3 is 0 Å². The first-order valence-electron chi connectivity index (χ1n) is 3.56. The van der Waals surface area contributed by atoms with Crippen LogP contribution >= 0.6 is 0 Å². The van der Waals surface area contributed by atoms with Gasteiger partial charge in [0.2, 0.25) is 5.91 Å². The van der Waals surface area contributed by atoms with Crippen LogP contribution in [0.15, 0.2) is 0 Å². The van der Waals surface area contributed by atoms with E-state index in [1.165, 1.54) is 0 Å². The van der Waals surface area contributed by atoms with Crippen molar-refractivity contribution in [2.75, 3.05) is 13.2 Å². The molecule has 1 amide bonds. The summed E-state index contributed by atoms with van der Waals surface area (Å²) in [5, 5.41) is 1.10. The van der Waals surface area contributed by atoms with Crippen molar-refractivity contribution in [1.82, 2.24) is 5.06 Å². The zero-order chi connectivity index (χ0) is 9.40. The second kappa shape index (κ2) is 6.27. The Hall–Kier alpha value is -1.45. The summed E-state index contributed by atoms with van der Waals surface area (Å²) in [5.74, 6) is 4.39. The molecule has 0 radical (unpaired) electrons. The molecule has 0 aromatic carbocycles. The molecule has 0 fully saturated rings. The molecule has 0 aromatic heterocycles. The summed E-state index contributed by atoms with van der Waals surface area (Å²) in [4.78, 5) is 15.9. The largest absolute Gasteiger partial charge is 0.273 e. The van der Waals surface area contributed by atoms with Crippen LogP contribution in [0.3, 0.4) is 0 Å². The molecule has 12 heavy (non-hydrogen) atoms. The first-order chi connectivity index (χ1) is 5.76. The summed E-state index contributed by atoms with van der Waals surface area (Å²) in [6.45, 7) is 1.92. The highest BCUT2D eigenvalue weighted by molar-refractivity contribution is 5.74. The van der Waals surface area contributed by atoms with Crippen molar-refractivity contribution in [3.8, 4) is 24.7 Å². The number of hydroxylamine groups is 2. The van der Waals surface area contributed by atoms with Crippen LogP contribution in [-0.2, 0) is 9.63 Å². The van der Waals surface area contributed by atoms with Crippen molar-refractivity contribution < 1.29 is 9.63 Å². The van der Waals surface area contributed by atoms with Crippen molar-refractivity contribution in [3.63, 3.8) is 0 Å². The normalized spacial score (nSPS) is 8.25. The molecule has 3 heteroatoms. The van der Waals surface area contributed by atoms with Gasteiger partial charge in [-0.3, -0.25) is 9.63 Å². The number of carbonyl (C=O) groups is 1. The van der Waals surface area contributed by atoms with Gasteiger partial charge in [-0.1, -0.05) is 18.8 Å². The van der Waals surface area contributed by atoms with Gasteiger partial charge in [0.15, 0.2) is 0 Å². The van der Waals surface area contributed by atoms with E-state index in [0.29, 0.717) is 6.42 Å². The molecule has 0 aliphatic heterocycles. The van der Waals surface area contributed by atoms with Crippen LogP contribution in [0.25, 0.3) is 0 Å². The maximum Gasteiger partial charge on any atom is 0.246 e. The zero-order valence-corrected chi connectivity index (χ0v) is 7.04. The second-order valence-corrected chi connectivity index (χ2v) is 1.97. The smallest absolute Gasteiger partial charge is 0.246 e. The molecule has 64 valence electrons. The van der Waals surface area contributed by atoms with Crippen LogP contribution in [0.4, 0.5) is 0 Å². The Morgan fingerprint density at radius 1 is 1.50 bits per heavy atom. The third kappa shape index (κ3) is 3.65. The number of carbonyl (C=O) groups excluding carboxylic acids is 1. The summed E-state index contributed by atoms with van der Waals surface area (Å²) in [6.07, 6.45) is 10.3. The number of nitrogens with zero attached hydrogens (tertiary/aromatic N) is 1. The van der Waals surface area contributed by atoms with Crippen molar-refractivity contribution >= 4 is 5.91 Å². The van der Waals surface area contributed by atoms with Crippen molar-refractivity contribution in [2.45, 2.75) is 13.3 Å². The van der Waals surface area contributed by atoms with Crippen LogP contribution in [0.2, 0.25) is 0 Å². The minimum Gasteiger partial charge on any atom is -0.273 e. The van der Waals surface area contributed by atoms with E-state index in [2.05, 4.69) is 11.8 Å². The van der Waals surface area contributed by atoms with Crippen molar-refractivity contribution in [1.29, 1.82) is 0 Å². The average molecular weight is 165 g/mol. The van der Waals surface area contributed by atoms with E-state index < -0.39 is 0 Å². The van der Waals surface area contributed by atoms with E-state index >= 15 is 0 Å². The second-order valence-electron chi connectivity index (χ2n) is 1.97. The molecule has 0 spiro atoms. The molecule has 0 unspecified atom stereocenters. The minimum atomic E-state index is -0.164. The highest BCUT2D eigenvalue weighted by atomic mass is 16.7. The number of hydrogen-bond donors (Lipinski definition) is 0. The maximum absolute atomic E-state index is 11.0. The van der Waals surface area contributed by atoms with Crippen molar-refractivity contribution in [2.24, 2.45) is 0 Å². The summed E-state index contributed by atoms with van der Waals surface area (Å²) in [6, 6.07) is 0. The van der Waals surface area contributed by atoms with Gasteiger partial charge >= 0.3 is 0 Å². The lowest BCUT2D eigenvalue weighted by atomic mass is 10.4. The Labute approximate surface area is 72.6 Å². The van der Waals surface area contributed by atoms with E-state index in [0.717, 1.165) is 5.06 Å². The predicted octanol–water partition coefficient (Wildman–Crippen LogP) is 0.423. The highest BCUT2D eigenvalue weighted by Crippen LogP contribution is 1.93. The Morgan fingerprint density at radius 2 is 2.17 bits per heavy atom. The standard InChI is InChI=1S/C9H11NO2/c1-4-7-10(9(11)6-3)12-8-5-2/h1-2H,6-8H2,3H3. The number of rotatable bonds is 4. The van der Waals surface area contributed by atoms with Crippen LogP contribution in [0, 0.1) is 24.7 Å². The third-order valence-electron chi connectivity index (χ3n) is 1.12. The molecule has 0 aromatic rings. The molecule has 0 bridgehead atoms. The van der Waals surface area contributed by atoms with Gasteiger partial charge in [-0.15, -0.1) is 12.8 Å². The van der Waals surface area contributed by atoms with Gasteiger partial charge in [0.25, 0.3) is 0 Å². The van der Waals surface area contributed by atoms with Gasteiger partial charge in [0, 0.05) is 6.42 Å². The van der Waals surface area contributed by atoms with Crippen LogP contribution in [-0.4, -0.2) is 24.1 Å². The fourth-order valence-corrected chi connectivity index (χ4v) is 0.580. The molecule has 0 aliphatic rings. The summed E-state index contributed by atoms with van der Waals surface area (Å²) in [5.41, 5.74) is 0. The monoisotopic (exact) mass is 165 g/mol. The van der Waals surface area contributed by atoms with E-state index in [9.17, 15) is 4.79 Å². The summed E-state index contributed by atoms with van der Waals surface area (Å²) < 4.78 is 0. The van der Waals surface area contributed by atoms with Crippen molar-refractivity contribution in [3.05, 3.63) is 0 Å². The first kappa shape index (κ1) is 10.6. The van der Waals surface area contributed by atoms with E-state index in [4.69, 9.17) is 17.7 Å². The van der Waals surface area contributed by atoms with Crippen LogP contribution in [0.5, 0.6) is 0 Å². The molecule has 0 heterocycles. The van der Waals surface area contributed by atoms with Crippen LogP contribution < -0.4 is 0 Å². The third-order valence-corrected chi connectivity index (χ3v) is 1.12. The first-order valence-corrected chi connectivity index (χ1v) is 3.56. The summed E-state index contributed by atoms with van der Waals surface area (Å²) in [7, 11) is 0. The lowest BCUT2D eigenvalue weighted by Gasteiger charge is -2.16. The summed E-state index contributed by atoms with van der Waals surface area (Å²) >= 11 is 0. The molecular formula is C9H11NO2. The van der Waals surface area contributed by atoms with E-state index in [1.807, 2.05) is 0 Å². The fraction of sp³-hybridized carbons (Fsp3) is 0.444. The molecule has 0 N–H and O–H groups in total. The average Bonchev–Trinajstić information content (AvgIpc) is 2.11. The molecule has 0 atom stereocenters. The highest BCUT2D eigenvalue weighted by Gasteiger charge is 2.09. The SMILES string of the molecule is C#CCON(CC#C)C(=O)CC. The lowest BCUT2D eigenvalue weighted by molar-refractivity contribution is -0.177. The van der Waals surface area contributed by atoms with Gasteiger partial charge in [-0.05, 0) is 0 Å². The quantitative estimate of drug-likeness (QED) is 0.446. The lowest BCUT2D eigenvalue weighted by Crippen LogP contribution is -2.31. The molecule has 3 nitrogen and oxygen atoms in total. The zero-order valence-electron chi connectivity index (χ0n) is 7.04. The Morgan fingerprint density at radius 3 is 2.58 bits per heavy atom. The topological polar surface area (TPSA) is 29.5 Å². The maximum atomic E-state index is 11.0. The van der Waals surface area contributed by atoms with Gasteiger partial charge in [-0.2, -0.15) is 0 Å². The van der Waals surface area contributed by atoms with Gasteiger partial charge in [0.05, 0.1) is 0 Å².